The van der Waals surface area contributed by atoms with E-state index < -0.39 is 24.2 Å². The van der Waals surface area contributed by atoms with E-state index in [0.29, 0.717) is 0 Å². The van der Waals surface area contributed by atoms with Crippen LogP contribution in [0.4, 0.5) is 13.2 Å². The zero-order chi connectivity index (χ0) is 23.3. The molecule has 1 unspecified atom stereocenters. The molecule has 1 amide bonds. The van der Waals surface area contributed by atoms with Gasteiger partial charge in [-0.05, 0) is 52.6 Å². The molecule has 0 spiro atoms. The highest BCUT2D eigenvalue weighted by molar-refractivity contribution is 5.85. The third-order valence-electron chi connectivity index (χ3n) is 5.19. The van der Waals surface area contributed by atoms with Crippen LogP contribution in [0.5, 0.6) is 0 Å². The molecule has 2 atom stereocenters. The Morgan fingerprint density at radius 1 is 1.09 bits per heavy atom. The number of benzene rings is 2. The minimum atomic E-state index is -4.60. The number of aromatic amines is 1. The summed E-state index contributed by atoms with van der Waals surface area (Å²) in [4.78, 5) is 15.5. The summed E-state index contributed by atoms with van der Waals surface area (Å²) < 4.78 is 41.8. The number of aromatic nitrogens is 1. The number of carbonyl (C=O) groups is 1. The fourth-order valence-electron chi connectivity index (χ4n) is 3.65. The smallest absolute Gasteiger partial charge is 0.361 e. The van der Waals surface area contributed by atoms with Crippen LogP contribution in [-0.2, 0) is 4.79 Å². The Hall–Kier alpha value is -3.31. The molecule has 3 aromatic rings. The standard InChI is InChI=1S/C24H25F3N4O/c1-15(2)13-21(23(32)30-12-10-28)31-22(24(25,26)27)17-5-3-16(4-6-17)18-7-8-20-19(14-18)9-11-29-20/h3-9,11,14-15,21-22,29,31H,12-13H2,1-2H3,(H,30,32)/t21-,22?/m0/s1. The number of hydrogen-bond donors (Lipinski definition) is 3. The van der Waals surface area contributed by atoms with Crippen molar-refractivity contribution in [1.82, 2.24) is 15.6 Å². The second-order valence-electron chi connectivity index (χ2n) is 8.10. The highest BCUT2D eigenvalue weighted by Crippen LogP contribution is 2.35. The number of halogens is 3. The largest absolute Gasteiger partial charge is 0.407 e. The van der Waals surface area contributed by atoms with E-state index in [1.54, 1.807) is 18.2 Å². The maximum absolute atomic E-state index is 13.9. The Kier molecular flexibility index (Phi) is 7.21. The molecule has 0 radical (unpaired) electrons. The quantitative estimate of drug-likeness (QED) is 0.426. The lowest BCUT2D eigenvalue weighted by molar-refractivity contribution is -0.161. The van der Waals surface area contributed by atoms with Gasteiger partial charge in [-0.3, -0.25) is 10.1 Å². The molecule has 2 aromatic carbocycles. The van der Waals surface area contributed by atoms with Crippen LogP contribution in [0.3, 0.4) is 0 Å². The molecule has 5 nitrogen and oxygen atoms in total. The first-order chi connectivity index (χ1) is 15.2. The predicted octanol–water partition coefficient (Wildman–Crippen LogP) is 5.08. The number of nitrogens with zero attached hydrogens (tertiary/aromatic N) is 1. The van der Waals surface area contributed by atoms with Gasteiger partial charge >= 0.3 is 6.18 Å². The molecule has 1 aromatic heterocycles. The molecule has 0 saturated carbocycles. The monoisotopic (exact) mass is 442 g/mol. The molecule has 0 saturated heterocycles. The van der Waals surface area contributed by atoms with Crippen LogP contribution < -0.4 is 10.6 Å². The van der Waals surface area contributed by atoms with Crippen LogP contribution in [0, 0.1) is 17.2 Å². The molecule has 32 heavy (non-hydrogen) atoms. The van der Waals surface area contributed by atoms with Gasteiger partial charge < -0.3 is 10.3 Å². The van der Waals surface area contributed by atoms with Crippen molar-refractivity contribution >= 4 is 16.8 Å². The molecule has 1 heterocycles. The summed E-state index contributed by atoms with van der Waals surface area (Å²) in [5.74, 6) is -0.633. The number of rotatable bonds is 8. The summed E-state index contributed by atoms with van der Waals surface area (Å²) in [6.45, 7) is 3.39. The summed E-state index contributed by atoms with van der Waals surface area (Å²) in [7, 11) is 0. The van der Waals surface area contributed by atoms with Crippen LogP contribution in [0.15, 0.2) is 54.7 Å². The van der Waals surface area contributed by atoms with Gasteiger partial charge in [-0.25, -0.2) is 0 Å². The molecule has 0 aliphatic heterocycles. The van der Waals surface area contributed by atoms with Gasteiger partial charge in [0.15, 0.2) is 0 Å². The topological polar surface area (TPSA) is 80.7 Å². The Bertz CT molecular complexity index is 1100. The third-order valence-corrected chi connectivity index (χ3v) is 5.19. The second-order valence-corrected chi connectivity index (χ2v) is 8.10. The fourth-order valence-corrected chi connectivity index (χ4v) is 3.65. The zero-order valence-electron chi connectivity index (χ0n) is 17.8. The number of carbonyl (C=O) groups excluding carboxylic acids is 1. The summed E-state index contributed by atoms with van der Waals surface area (Å²) in [6.07, 6.45) is -2.56. The number of alkyl halides is 3. The van der Waals surface area contributed by atoms with Gasteiger partial charge in [0.2, 0.25) is 5.91 Å². The number of nitriles is 1. The van der Waals surface area contributed by atoms with E-state index in [-0.39, 0.29) is 24.4 Å². The molecule has 0 aliphatic carbocycles. The molecule has 168 valence electrons. The predicted molar refractivity (Wildman–Crippen MR) is 118 cm³/mol. The molecular weight excluding hydrogens is 417 g/mol. The lowest BCUT2D eigenvalue weighted by Gasteiger charge is -2.28. The Balaban J connectivity index is 1.86. The molecular formula is C24H25F3N4O. The third kappa shape index (κ3) is 5.68. The summed E-state index contributed by atoms with van der Waals surface area (Å²) in [5.41, 5.74) is 2.69. The molecule has 8 heteroatoms. The van der Waals surface area contributed by atoms with Crippen LogP contribution in [0.2, 0.25) is 0 Å². The number of amides is 1. The lowest BCUT2D eigenvalue weighted by atomic mass is 9.97. The van der Waals surface area contributed by atoms with Crippen molar-refractivity contribution in [2.24, 2.45) is 5.92 Å². The van der Waals surface area contributed by atoms with Crippen molar-refractivity contribution in [3.63, 3.8) is 0 Å². The molecule has 3 N–H and O–H groups in total. The van der Waals surface area contributed by atoms with Gasteiger partial charge in [-0.1, -0.05) is 44.2 Å². The van der Waals surface area contributed by atoms with E-state index in [0.717, 1.165) is 22.0 Å². The molecule has 0 fully saturated rings. The van der Waals surface area contributed by atoms with Crippen molar-refractivity contribution in [2.45, 2.75) is 38.5 Å². The van der Waals surface area contributed by atoms with Gasteiger partial charge in [0.1, 0.15) is 12.6 Å². The van der Waals surface area contributed by atoms with Crippen LogP contribution in [-0.4, -0.2) is 29.7 Å². The number of hydrogen-bond acceptors (Lipinski definition) is 3. The minimum absolute atomic E-state index is 0.0139. The number of H-pyrrole nitrogens is 1. The summed E-state index contributed by atoms with van der Waals surface area (Å²) in [6, 6.07) is 12.6. The maximum atomic E-state index is 13.9. The van der Waals surface area contributed by atoms with Crippen LogP contribution in [0.1, 0.15) is 31.9 Å². The van der Waals surface area contributed by atoms with Crippen molar-refractivity contribution in [3.05, 3.63) is 60.3 Å². The van der Waals surface area contributed by atoms with Crippen LogP contribution >= 0.6 is 0 Å². The van der Waals surface area contributed by atoms with E-state index in [2.05, 4.69) is 15.6 Å². The second kappa shape index (κ2) is 9.88. The Labute approximate surface area is 184 Å². The first-order valence-electron chi connectivity index (χ1n) is 10.3. The average molecular weight is 442 g/mol. The van der Waals surface area contributed by atoms with E-state index in [4.69, 9.17) is 5.26 Å². The highest BCUT2D eigenvalue weighted by atomic mass is 19.4. The fraction of sp³-hybridized carbons (Fsp3) is 0.333. The number of fused-ring (bicyclic) bond motifs is 1. The lowest BCUT2D eigenvalue weighted by Crippen LogP contribution is -2.49. The van der Waals surface area contributed by atoms with Gasteiger partial charge in [0.25, 0.3) is 0 Å². The number of nitrogens with one attached hydrogen (secondary N) is 3. The van der Waals surface area contributed by atoms with E-state index >= 15 is 0 Å². The van der Waals surface area contributed by atoms with Crippen molar-refractivity contribution < 1.29 is 18.0 Å². The summed E-state index contributed by atoms with van der Waals surface area (Å²) >= 11 is 0. The van der Waals surface area contributed by atoms with Crippen LogP contribution in [0.25, 0.3) is 22.0 Å². The average Bonchev–Trinajstić information content (AvgIpc) is 3.22. The first kappa shape index (κ1) is 23.4. The molecule has 0 bridgehead atoms. The van der Waals surface area contributed by atoms with E-state index in [1.807, 2.05) is 44.3 Å². The van der Waals surface area contributed by atoms with E-state index in [9.17, 15) is 18.0 Å². The van der Waals surface area contributed by atoms with Crippen molar-refractivity contribution in [2.75, 3.05) is 6.54 Å². The normalized spacial score (nSPS) is 13.7. The molecule has 0 aliphatic rings. The van der Waals surface area contributed by atoms with Gasteiger partial charge in [-0.2, -0.15) is 18.4 Å². The Morgan fingerprint density at radius 2 is 1.78 bits per heavy atom. The maximum Gasteiger partial charge on any atom is 0.407 e. The first-order valence-corrected chi connectivity index (χ1v) is 10.3. The van der Waals surface area contributed by atoms with Crippen molar-refractivity contribution in [3.8, 4) is 17.2 Å². The molecule has 3 rings (SSSR count). The Morgan fingerprint density at radius 3 is 2.41 bits per heavy atom. The van der Waals surface area contributed by atoms with Gasteiger partial charge in [-0.15, -0.1) is 0 Å². The SMILES string of the molecule is CC(C)C[C@H](NC(c1ccc(-c2ccc3[nH]ccc3c2)cc1)C(F)(F)F)C(=O)NCC#N. The van der Waals surface area contributed by atoms with Crippen molar-refractivity contribution in [1.29, 1.82) is 5.26 Å². The summed E-state index contributed by atoms with van der Waals surface area (Å²) in [5, 5.41) is 14.5. The van der Waals surface area contributed by atoms with Gasteiger partial charge in [0, 0.05) is 11.7 Å². The van der Waals surface area contributed by atoms with Gasteiger partial charge in [0.05, 0.1) is 12.1 Å². The highest BCUT2D eigenvalue weighted by Gasteiger charge is 2.42. The minimum Gasteiger partial charge on any atom is -0.361 e. The zero-order valence-corrected chi connectivity index (χ0v) is 17.8. The van der Waals surface area contributed by atoms with E-state index in [1.165, 1.54) is 12.1 Å².